The Morgan fingerprint density at radius 2 is 0.747 bits per heavy atom. The van der Waals surface area contributed by atoms with E-state index in [2.05, 4.69) is 235 Å². The van der Waals surface area contributed by atoms with Gasteiger partial charge in [-0.05, 0) is 121 Å². The van der Waals surface area contributed by atoms with Crippen molar-refractivity contribution in [1.82, 2.24) is 15.0 Å². The zero-order valence-corrected chi connectivity index (χ0v) is 41.4. The first-order valence-electron chi connectivity index (χ1n) is 25.5. The van der Waals surface area contributed by atoms with Gasteiger partial charge in [-0.25, -0.2) is 15.0 Å². The fourth-order valence-corrected chi connectivity index (χ4v) is 13.1. The van der Waals surface area contributed by atoms with Crippen molar-refractivity contribution in [3.63, 3.8) is 0 Å². The van der Waals surface area contributed by atoms with Crippen LogP contribution in [0.2, 0.25) is 0 Å². The molecule has 1 atom stereocenters. The molecule has 0 bridgehead atoms. The average molecular weight is 973 g/mol. The minimum absolute atomic E-state index is 0.640. The number of thiophene rings is 1. The van der Waals surface area contributed by atoms with Gasteiger partial charge in [0.25, 0.3) is 0 Å². The summed E-state index contributed by atoms with van der Waals surface area (Å²) in [5.74, 6) is 1.92. The molecule has 4 nitrogen and oxygen atoms in total. The fourth-order valence-electron chi connectivity index (χ4n) is 12.0. The summed E-state index contributed by atoms with van der Waals surface area (Å²) < 4.78 is 2.62. The summed E-state index contributed by atoms with van der Waals surface area (Å²) in [5, 5.41) is 2.61. The Balaban J connectivity index is 0.918. The molecule has 350 valence electrons. The van der Waals surface area contributed by atoms with Gasteiger partial charge in [-0.3, -0.25) is 0 Å². The Bertz CT molecular complexity index is 4280. The smallest absolute Gasteiger partial charge is 0.164 e. The summed E-state index contributed by atoms with van der Waals surface area (Å²) in [7, 11) is 0. The van der Waals surface area contributed by atoms with E-state index in [1.807, 2.05) is 47.7 Å². The van der Waals surface area contributed by atoms with Crippen LogP contribution in [0.1, 0.15) is 22.3 Å². The molecule has 13 aromatic rings. The molecule has 0 N–H and O–H groups in total. The minimum atomic E-state index is -0.640. The number of benzene rings is 11. The fraction of sp³-hybridized carbons (Fsp3) is 0.0143. The second-order valence-electron chi connectivity index (χ2n) is 19.4. The SMILES string of the molecule is c1ccc(-c2ccc(N(c3ccc(-c4ccc5sc6ccccc6c5c4)cc3)c3ccc4c(c3)C3(c5ccccc5-4)c4ccccc4-c4c(-c5nc(-c6ccccc6)nc(-c6ccccc6)n5)cccc43)cc2)cc1. The average Bonchev–Trinajstić information content (AvgIpc) is 4.23. The third kappa shape index (κ3) is 6.86. The highest BCUT2D eigenvalue weighted by Crippen LogP contribution is 2.64. The first-order valence-corrected chi connectivity index (χ1v) is 26.3. The second-order valence-corrected chi connectivity index (χ2v) is 20.5. The van der Waals surface area contributed by atoms with E-state index in [4.69, 9.17) is 15.0 Å². The lowest BCUT2D eigenvalue weighted by molar-refractivity contribution is 0.793. The van der Waals surface area contributed by atoms with Crippen LogP contribution in [0.25, 0.3) is 98.8 Å². The lowest BCUT2D eigenvalue weighted by Gasteiger charge is -2.32. The van der Waals surface area contributed by atoms with Crippen LogP contribution in [0.5, 0.6) is 0 Å². The molecule has 2 heterocycles. The molecule has 2 aliphatic carbocycles. The highest BCUT2D eigenvalue weighted by molar-refractivity contribution is 7.25. The third-order valence-corrected chi connectivity index (χ3v) is 16.5. The van der Waals surface area contributed by atoms with Gasteiger partial charge in [0.2, 0.25) is 0 Å². The molecular formula is C70H44N4S. The maximum Gasteiger partial charge on any atom is 0.164 e. The van der Waals surface area contributed by atoms with Crippen molar-refractivity contribution >= 4 is 48.6 Å². The summed E-state index contributed by atoms with van der Waals surface area (Å²) in [6.07, 6.45) is 0. The summed E-state index contributed by atoms with van der Waals surface area (Å²) in [5.41, 5.74) is 19.9. The number of rotatable bonds is 8. The van der Waals surface area contributed by atoms with Gasteiger partial charge in [0.1, 0.15) is 0 Å². The van der Waals surface area contributed by atoms with Crippen molar-refractivity contribution in [3.05, 3.63) is 289 Å². The van der Waals surface area contributed by atoms with Gasteiger partial charge in [0.15, 0.2) is 17.5 Å². The molecule has 0 aliphatic heterocycles. The van der Waals surface area contributed by atoms with Gasteiger partial charge in [0.05, 0.1) is 5.41 Å². The van der Waals surface area contributed by atoms with Gasteiger partial charge < -0.3 is 4.90 Å². The number of anilines is 3. The van der Waals surface area contributed by atoms with E-state index in [1.54, 1.807) is 0 Å². The van der Waals surface area contributed by atoms with Gasteiger partial charge in [0, 0.05) is 53.9 Å². The minimum Gasteiger partial charge on any atom is -0.310 e. The molecule has 2 aromatic heterocycles. The maximum atomic E-state index is 5.30. The van der Waals surface area contributed by atoms with Crippen LogP contribution in [0.4, 0.5) is 17.1 Å². The summed E-state index contributed by atoms with van der Waals surface area (Å²) in [6, 6.07) is 96.7. The van der Waals surface area contributed by atoms with Crippen LogP contribution in [0.15, 0.2) is 267 Å². The predicted molar refractivity (Wildman–Crippen MR) is 311 cm³/mol. The summed E-state index contributed by atoms with van der Waals surface area (Å²) >= 11 is 1.85. The molecular weight excluding hydrogens is 929 g/mol. The van der Waals surface area contributed by atoms with E-state index in [0.717, 1.165) is 39.3 Å². The van der Waals surface area contributed by atoms with Crippen molar-refractivity contribution in [2.24, 2.45) is 0 Å². The summed E-state index contributed by atoms with van der Waals surface area (Å²) in [6.45, 7) is 0. The van der Waals surface area contributed by atoms with E-state index < -0.39 is 5.41 Å². The number of hydrogen-bond acceptors (Lipinski definition) is 5. The molecule has 5 heteroatoms. The zero-order valence-electron chi connectivity index (χ0n) is 40.6. The van der Waals surface area contributed by atoms with Crippen LogP contribution >= 0.6 is 11.3 Å². The Hall–Kier alpha value is -9.55. The molecule has 75 heavy (non-hydrogen) atoms. The monoisotopic (exact) mass is 972 g/mol. The van der Waals surface area contributed by atoms with Crippen molar-refractivity contribution < 1.29 is 0 Å². The van der Waals surface area contributed by atoms with Crippen LogP contribution in [0, 0.1) is 0 Å². The van der Waals surface area contributed by atoms with E-state index in [1.165, 1.54) is 81.4 Å². The van der Waals surface area contributed by atoms with Crippen LogP contribution in [0.3, 0.4) is 0 Å². The van der Waals surface area contributed by atoms with E-state index in [-0.39, 0.29) is 0 Å². The Morgan fingerprint density at radius 1 is 0.280 bits per heavy atom. The van der Waals surface area contributed by atoms with E-state index >= 15 is 0 Å². The number of hydrogen-bond donors (Lipinski definition) is 0. The molecule has 15 rings (SSSR count). The highest BCUT2D eigenvalue weighted by atomic mass is 32.1. The van der Waals surface area contributed by atoms with E-state index in [9.17, 15) is 0 Å². The van der Waals surface area contributed by atoms with Gasteiger partial charge in [-0.2, -0.15) is 0 Å². The molecule has 1 spiro atoms. The van der Waals surface area contributed by atoms with Crippen LogP contribution < -0.4 is 4.90 Å². The molecule has 0 amide bonds. The van der Waals surface area contributed by atoms with Crippen molar-refractivity contribution in [3.8, 4) is 78.7 Å². The largest absolute Gasteiger partial charge is 0.310 e. The lowest BCUT2D eigenvalue weighted by Crippen LogP contribution is -2.26. The number of aromatic nitrogens is 3. The molecule has 0 saturated heterocycles. The van der Waals surface area contributed by atoms with Gasteiger partial charge in [-0.15, -0.1) is 11.3 Å². The molecule has 11 aromatic carbocycles. The molecule has 2 aliphatic rings. The quantitative estimate of drug-likeness (QED) is 0.152. The topological polar surface area (TPSA) is 41.9 Å². The number of fused-ring (bicyclic) bond motifs is 13. The standard InChI is InChI=1S/C70H44N4S/c1-4-17-45(18-5-1)46-31-36-51(37-32-46)74(52-38-33-47(34-39-52)50-35-42-65-59(43-50)56-24-12-15-30-64(56)75-65)53-40-41-55-54-23-10-13-27-60(54)70(63(55)44-53)61-28-14-11-25-57(61)66-58(26-16-29-62(66)70)69-72-67(48-19-6-2-7-20-48)71-68(73-69)49-21-8-3-9-22-49/h1-44H. The lowest BCUT2D eigenvalue weighted by atomic mass is 9.70. The molecule has 0 fully saturated rings. The number of nitrogens with zero attached hydrogens (tertiary/aromatic N) is 4. The zero-order chi connectivity index (χ0) is 49.5. The first-order chi connectivity index (χ1) is 37.2. The van der Waals surface area contributed by atoms with E-state index in [0.29, 0.717) is 17.5 Å². The predicted octanol–water partition coefficient (Wildman–Crippen LogP) is 18.4. The van der Waals surface area contributed by atoms with Crippen LogP contribution in [-0.4, -0.2) is 15.0 Å². The van der Waals surface area contributed by atoms with Crippen molar-refractivity contribution in [1.29, 1.82) is 0 Å². The van der Waals surface area contributed by atoms with Gasteiger partial charge >= 0.3 is 0 Å². The normalized spacial score (nSPS) is 13.9. The molecule has 0 radical (unpaired) electrons. The Morgan fingerprint density at radius 3 is 1.43 bits per heavy atom. The molecule has 0 saturated carbocycles. The molecule has 1 unspecified atom stereocenters. The Labute approximate surface area is 439 Å². The first kappa shape index (κ1) is 43.1. The highest BCUT2D eigenvalue weighted by Gasteiger charge is 2.52. The Kier molecular flexibility index (Phi) is 9.94. The summed E-state index contributed by atoms with van der Waals surface area (Å²) in [4.78, 5) is 18.1. The van der Waals surface area contributed by atoms with Crippen molar-refractivity contribution in [2.75, 3.05) is 4.90 Å². The second kappa shape index (κ2) is 17.3. The maximum absolute atomic E-state index is 5.30. The van der Waals surface area contributed by atoms with Crippen molar-refractivity contribution in [2.45, 2.75) is 5.41 Å². The third-order valence-electron chi connectivity index (χ3n) is 15.4. The van der Waals surface area contributed by atoms with Gasteiger partial charge in [-0.1, -0.05) is 212 Å². The van der Waals surface area contributed by atoms with Crippen LogP contribution in [-0.2, 0) is 5.41 Å².